The number of anilines is 2. The van der Waals surface area contributed by atoms with E-state index in [1.54, 1.807) is 18.4 Å². The Labute approximate surface area is 123 Å². The highest BCUT2D eigenvalue weighted by Gasteiger charge is 2.20. The molecule has 0 unspecified atom stereocenters. The van der Waals surface area contributed by atoms with Gasteiger partial charge in [-0.25, -0.2) is 4.98 Å². The Kier molecular flexibility index (Phi) is 3.89. The molecule has 1 aliphatic rings. The van der Waals surface area contributed by atoms with E-state index in [0.717, 1.165) is 34.8 Å². The largest absolute Gasteiger partial charge is 0.497 e. The number of hydrogen-bond acceptors (Lipinski definition) is 5. The van der Waals surface area contributed by atoms with Crippen LogP contribution in [0, 0.1) is 0 Å². The second kappa shape index (κ2) is 5.81. The Morgan fingerprint density at radius 3 is 2.75 bits per heavy atom. The Bertz CT molecular complexity index is 563. The topological polar surface area (TPSA) is 37.4 Å². The van der Waals surface area contributed by atoms with Crippen LogP contribution in [-0.4, -0.2) is 25.2 Å². The molecule has 0 radical (unpaired) electrons. The molecule has 0 atom stereocenters. The molecule has 3 rings (SSSR count). The van der Waals surface area contributed by atoms with Gasteiger partial charge in [-0.15, -0.1) is 11.3 Å². The fourth-order valence-corrected chi connectivity index (χ4v) is 2.80. The molecular weight excluding hydrogens is 270 g/mol. The van der Waals surface area contributed by atoms with Crippen LogP contribution >= 0.6 is 11.3 Å². The first kappa shape index (κ1) is 13.4. The van der Waals surface area contributed by atoms with Crippen molar-refractivity contribution >= 4 is 22.2 Å². The third-order valence-electron chi connectivity index (χ3n) is 3.44. The smallest absolute Gasteiger partial charge is 0.189 e. The second-order valence-electron chi connectivity index (χ2n) is 5.03. The number of nitrogens with one attached hydrogen (secondary N) is 1. The molecule has 1 aromatic heterocycles. The minimum atomic E-state index is 0.722. The van der Waals surface area contributed by atoms with Gasteiger partial charge in [0.1, 0.15) is 5.75 Å². The van der Waals surface area contributed by atoms with Gasteiger partial charge in [-0.2, -0.15) is 0 Å². The number of nitrogens with zero attached hydrogens (tertiary/aromatic N) is 2. The first-order valence-electron chi connectivity index (χ1n) is 6.82. The predicted octanol–water partition coefficient (Wildman–Crippen LogP) is 3.17. The highest BCUT2D eigenvalue weighted by Crippen LogP contribution is 2.28. The van der Waals surface area contributed by atoms with E-state index in [-0.39, 0.29) is 0 Å². The van der Waals surface area contributed by atoms with Crippen LogP contribution in [-0.2, 0) is 6.54 Å². The van der Waals surface area contributed by atoms with Gasteiger partial charge in [0, 0.05) is 30.7 Å². The summed E-state index contributed by atoms with van der Waals surface area (Å²) in [5.41, 5.74) is 2.24. The first-order chi connectivity index (χ1) is 9.76. The molecule has 1 aliphatic carbocycles. The van der Waals surface area contributed by atoms with Crippen LogP contribution in [0.1, 0.15) is 18.5 Å². The van der Waals surface area contributed by atoms with Crippen LogP contribution in [0.15, 0.2) is 29.6 Å². The van der Waals surface area contributed by atoms with Crippen molar-refractivity contribution in [3.05, 3.63) is 35.3 Å². The molecule has 20 heavy (non-hydrogen) atoms. The van der Waals surface area contributed by atoms with Gasteiger partial charge in [-0.1, -0.05) is 0 Å². The SMILES string of the molecule is COc1ccc(N(C)c2nc(CNC3CC3)cs2)cc1. The lowest BCUT2D eigenvalue weighted by molar-refractivity contribution is 0.415. The standard InChI is InChI=1S/C15H19N3OS/c1-18(13-5-7-14(19-2)8-6-13)15-17-12(10-20-15)9-16-11-3-4-11/h5-8,10-11,16H,3-4,9H2,1-2H3. The number of benzene rings is 1. The zero-order valence-corrected chi connectivity index (χ0v) is 12.6. The van der Waals surface area contributed by atoms with Gasteiger partial charge in [-0.3, -0.25) is 0 Å². The number of thiazole rings is 1. The Morgan fingerprint density at radius 1 is 1.35 bits per heavy atom. The average molecular weight is 289 g/mol. The zero-order chi connectivity index (χ0) is 13.9. The van der Waals surface area contributed by atoms with Crippen molar-refractivity contribution in [1.29, 1.82) is 0 Å². The van der Waals surface area contributed by atoms with Gasteiger partial charge in [-0.05, 0) is 37.1 Å². The predicted molar refractivity (Wildman–Crippen MR) is 83.0 cm³/mol. The summed E-state index contributed by atoms with van der Waals surface area (Å²) in [4.78, 5) is 6.78. The van der Waals surface area contributed by atoms with Crippen LogP contribution in [0.5, 0.6) is 5.75 Å². The number of ether oxygens (including phenoxy) is 1. The Morgan fingerprint density at radius 2 is 2.10 bits per heavy atom. The summed E-state index contributed by atoms with van der Waals surface area (Å²) < 4.78 is 5.18. The van der Waals surface area contributed by atoms with Gasteiger partial charge in [0.25, 0.3) is 0 Å². The van der Waals surface area contributed by atoms with Crippen LogP contribution in [0.4, 0.5) is 10.8 Å². The van der Waals surface area contributed by atoms with Gasteiger partial charge >= 0.3 is 0 Å². The van der Waals surface area contributed by atoms with Crippen molar-refractivity contribution < 1.29 is 4.74 Å². The van der Waals surface area contributed by atoms with E-state index in [1.807, 2.05) is 31.3 Å². The van der Waals surface area contributed by atoms with E-state index in [0.29, 0.717) is 0 Å². The monoisotopic (exact) mass is 289 g/mol. The van der Waals surface area contributed by atoms with Crippen molar-refractivity contribution in [2.24, 2.45) is 0 Å². The molecule has 5 heteroatoms. The summed E-state index contributed by atoms with van der Waals surface area (Å²) in [6.45, 7) is 0.873. The van der Waals surface area contributed by atoms with Crippen molar-refractivity contribution in [1.82, 2.24) is 10.3 Å². The van der Waals surface area contributed by atoms with Gasteiger partial charge in [0.05, 0.1) is 12.8 Å². The number of hydrogen-bond donors (Lipinski definition) is 1. The molecular formula is C15H19N3OS. The van der Waals surface area contributed by atoms with Gasteiger partial charge in [0.15, 0.2) is 5.13 Å². The lowest BCUT2D eigenvalue weighted by atomic mass is 10.3. The molecule has 2 aromatic rings. The molecule has 106 valence electrons. The summed E-state index contributed by atoms with van der Waals surface area (Å²) >= 11 is 1.68. The van der Waals surface area contributed by atoms with Crippen LogP contribution in [0.25, 0.3) is 0 Å². The molecule has 1 N–H and O–H groups in total. The number of methoxy groups -OCH3 is 1. The number of aromatic nitrogens is 1. The minimum absolute atomic E-state index is 0.722. The summed E-state index contributed by atoms with van der Waals surface area (Å²) in [5, 5.41) is 6.64. The molecule has 0 bridgehead atoms. The second-order valence-corrected chi connectivity index (χ2v) is 5.87. The third-order valence-corrected chi connectivity index (χ3v) is 4.40. The van der Waals surface area contributed by atoms with E-state index < -0.39 is 0 Å². The van der Waals surface area contributed by atoms with E-state index in [4.69, 9.17) is 4.74 Å². The molecule has 1 aromatic carbocycles. The van der Waals surface area contributed by atoms with Crippen molar-refractivity contribution in [2.75, 3.05) is 19.1 Å². The normalized spacial score (nSPS) is 14.3. The molecule has 0 saturated heterocycles. The molecule has 0 spiro atoms. The van der Waals surface area contributed by atoms with Crippen LogP contribution in [0.3, 0.4) is 0 Å². The van der Waals surface area contributed by atoms with Crippen LogP contribution < -0.4 is 15.0 Å². The molecule has 1 heterocycles. The fourth-order valence-electron chi connectivity index (χ4n) is 1.98. The summed E-state index contributed by atoms with van der Waals surface area (Å²) in [6, 6.07) is 8.74. The summed E-state index contributed by atoms with van der Waals surface area (Å²) in [7, 11) is 3.72. The van der Waals surface area contributed by atoms with Crippen molar-refractivity contribution in [2.45, 2.75) is 25.4 Å². The van der Waals surface area contributed by atoms with E-state index in [9.17, 15) is 0 Å². The van der Waals surface area contributed by atoms with Gasteiger partial charge < -0.3 is 15.0 Å². The number of rotatable bonds is 6. The zero-order valence-electron chi connectivity index (χ0n) is 11.8. The van der Waals surface area contributed by atoms with E-state index in [2.05, 4.69) is 20.6 Å². The highest BCUT2D eigenvalue weighted by atomic mass is 32.1. The first-order valence-corrected chi connectivity index (χ1v) is 7.70. The molecule has 4 nitrogen and oxygen atoms in total. The fraction of sp³-hybridized carbons (Fsp3) is 0.400. The summed E-state index contributed by atoms with van der Waals surface area (Å²) in [5.74, 6) is 0.871. The van der Waals surface area contributed by atoms with Gasteiger partial charge in [0.2, 0.25) is 0 Å². The molecule has 0 amide bonds. The lowest BCUT2D eigenvalue weighted by Gasteiger charge is -2.16. The quantitative estimate of drug-likeness (QED) is 0.886. The maximum absolute atomic E-state index is 5.18. The lowest BCUT2D eigenvalue weighted by Crippen LogP contribution is -2.16. The Hall–Kier alpha value is -1.59. The molecule has 1 saturated carbocycles. The van der Waals surface area contributed by atoms with Crippen molar-refractivity contribution in [3.63, 3.8) is 0 Å². The maximum atomic E-state index is 5.18. The van der Waals surface area contributed by atoms with E-state index in [1.165, 1.54) is 12.8 Å². The van der Waals surface area contributed by atoms with Crippen molar-refractivity contribution in [3.8, 4) is 5.75 Å². The molecule has 1 fully saturated rings. The third kappa shape index (κ3) is 3.11. The average Bonchev–Trinajstić information content (AvgIpc) is 3.21. The summed E-state index contributed by atoms with van der Waals surface area (Å²) in [6.07, 6.45) is 2.62. The molecule has 0 aliphatic heterocycles. The Balaban J connectivity index is 1.66. The minimum Gasteiger partial charge on any atom is -0.497 e. The maximum Gasteiger partial charge on any atom is 0.189 e. The van der Waals surface area contributed by atoms with E-state index >= 15 is 0 Å². The van der Waals surface area contributed by atoms with Crippen LogP contribution in [0.2, 0.25) is 0 Å². The highest BCUT2D eigenvalue weighted by molar-refractivity contribution is 7.13.